The summed E-state index contributed by atoms with van der Waals surface area (Å²) in [4.78, 5) is 0. The molecule has 0 aromatic carbocycles. The fourth-order valence-corrected chi connectivity index (χ4v) is 0. The Hall–Kier alpha value is -0.560. The van der Waals surface area contributed by atoms with Crippen molar-refractivity contribution in [3.05, 3.63) is 25.3 Å². The molecule has 0 aromatic heterocycles. The summed E-state index contributed by atoms with van der Waals surface area (Å²) in [6, 6.07) is 0. The van der Waals surface area contributed by atoms with Crippen LogP contribution >= 0.6 is 0 Å². The Morgan fingerprint density at radius 1 is 1.00 bits per heavy atom. The molecular formula is C7H17N. The monoisotopic (exact) mass is 115 g/mol. The molecule has 0 aliphatic carbocycles. The fourth-order valence-electron chi connectivity index (χ4n) is 0. The summed E-state index contributed by atoms with van der Waals surface area (Å²) in [6.07, 6.45) is 3.50. The summed E-state index contributed by atoms with van der Waals surface area (Å²) < 4.78 is 0. The van der Waals surface area contributed by atoms with Gasteiger partial charge in [-0.2, -0.15) is 0 Å². The van der Waals surface area contributed by atoms with E-state index in [1.165, 1.54) is 7.05 Å². The van der Waals surface area contributed by atoms with Crippen molar-refractivity contribution in [3.63, 3.8) is 0 Å². The van der Waals surface area contributed by atoms with E-state index in [-0.39, 0.29) is 0 Å². The van der Waals surface area contributed by atoms with Gasteiger partial charge in [0.2, 0.25) is 0 Å². The Morgan fingerprint density at radius 2 is 1.00 bits per heavy atom. The maximum atomic E-state index is 4.50. The SMILES string of the molecule is C=CC.C=CC.CN. The predicted molar refractivity (Wildman–Crippen MR) is 41.9 cm³/mol. The maximum absolute atomic E-state index is 4.50. The summed E-state index contributed by atoms with van der Waals surface area (Å²) in [5.41, 5.74) is 4.50. The van der Waals surface area contributed by atoms with Crippen molar-refractivity contribution in [2.75, 3.05) is 7.05 Å². The molecule has 0 heterocycles. The van der Waals surface area contributed by atoms with E-state index in [1.54, 1.807) is 12.2 Å². The van der Waals surface area contributed by atoms with Gasteiger partial charge in [0.15, 0.2) is 0 Å². The molecule has 0 bridgehead atoms. The molecule has 0 unspecified atom stereocenters. The van der Waals surface area contributed by atoms with Gasteiger partial charge < -0.3 is 5.73 Å². The molecule has 0 saturated carbocycles. The number of hydrogen-bond acceptors (Lipinski definition) is 1. The minimum Gasteiger partial charge on any atom is -0.333 e. The van der Waals surface area contributed by atoms with E-state index < -0.39 is 0 Å². The Balaban J connectivity index is -0.0000000483. The zero-order chi connectivity index (χ0) is 7.41. The van der Waals surface area contributed by atoms with Gasteiger partial charge in [0.05, 0.1) is 0 Å². The van der Waals surface area contributed by atoms with Gasteiger partial charge in [-0.25, -0.2) is 0 Å². The zero-order valence-corrected chi connectivity index (χ0v) is 6.15. The predicted octanol–water partition coefficient (Wildman–Crippen LogP) is 1.96. The quantitative estimate of drug-likeness (QED) is 0.480. The largest absolute Gasteiger partial charge is 0.333 e. The third-order valence-corrected chi connectivity index (χ3v) is 0. The molecule has 50 valence electrons. The minimum absolute atomic E-state index is 1.50. The topological polar surface area (TPSA) is 26.0 Å². The van der Waals surface area contributed by atoms with Crippen molar-refractivity contribution < 1.29 is 0 Å². The number of rotatable bonds is 0. The van der Waals surface area contributed by atoms with E-state index >= 15 is 0 Å². The first-order valence-electron chi connectivity index (χ1n) is 2.55. The summed E-state index contributed by atoms with van der Waals surface area (Å²) in [7, 11) is 1.50. The van der Waals surface area contributed by atoms with Crippen LogP contribution in [0.25, 0.3) is 0 Å². The number of nitrogens with two attached hydrogens (primary N) is 1. The maximum Gasteiger partial charge on any atom is -0.0195 e. The second-order valence-electron chi connectivity index (χ2n) is 0.816. The second-order valence-corrected chi connectivity index (χ2v) is 0.816. The van der Waals surface area contributed by atoms with Gasteiger partial charge in [-0.3, -0.25) is 0 Å². The lowest BCUT2D eigenvalue weighted by Crippen LogP contribution is -1.69. The Bertz CT molecular complexity index is 25.4. The lowest BCUT2D eigenvalue weighted by Gasteiger charge is -1.31. The van der Waals surface area contributed by atoms with Crippen molar-refractivity contribution >= 4 is 0 Å². The third kappa shape index (κ3) is 342. The van der Waals surface area contributed by atoms with Gasteiger partial charge in [0.1, 0.15) is 0 Å². The lowest BCUT2D eigenvalue weighted by atomic mass is 10.8. The normalized spacial score (nSPS) is 4.00. The van der Waals surface area contributed by atoms with Crippen molar-refractivity contribution in [1.82, 2.24) is 0 Å². The molecule has 8 heavy (non-hydrogen) atoms. The molecule has 0 atom stereocenters. The molecule has 0 fully saturated rings. The molecule has 0 aliphatic rings. The first-order chi connectivity index (χ1) is 3.83. The smallest absolute Gasteiger partial charge is 0.0195 e. The minimum atomic E-state index is 1.50. The molecule has 1 nitrogen and oxygen atoms in total. The van der Waals surface area contributed by atoms with E-state index in [4.69, 9.17) is 0 Å². The Labute approximate surface area is 52.9 Å². The molecule has 0 spiro atoms. The van der Waals surface area contributed by atoms with Gasteiger partial charge >= 0.3 is 0 Å². The van der Waals surface area contributed by atoms with Gasteiger partial charge in [-0.15, -0.1) is 13.2 Å². The zero-order valence-electron chi connectivity index (χ0n) is 6.15. The van der Waals surface area contributed by atoms with Crippen LogP contribution in [0.15, 0.2) is 25.3 Å². The van der Waals surface area contributed by atoms with Crippen molar-refractivity contribution in [3.8, 4) is 0 Å². The highest BCUT2D eigenvalue weighted by Crippen LogP contribution is 1.38. The molecule has 0 saturated heterocycles. The van der Waals surface area contributed by atoms with Crippen LogP contribution in [0, 0.1) is 0 Å². The van der Waals surface area contributed by atoms with Gasteiger partial charge in [-0.05, 0) is 20.9 Å². The fraction of sp³-hybridized carbons (Fsp3) is 0.429. The van der Waals surface area contributed by atoms with Gasteiger partial charge in [-0.1, -0.05) is 12.2 Å². The van der Waals surface area contributed by atoms with Crippen molar-refractivity contribution in [2.24, 2.45) is 5.73 Å². The first kappa shape index (κ1) is 15.7. The summed E-state index contributed by atoms with van der Waals surface area (Å²) in [5, 5.41) is 0. The van der Waals surface area contributed by atoms with Crippen LogP contribution in [0.3, 0.4) is 0 Å². The average molecular weight is 115 g/mol. The van der Waals surface area contributed by atoms with E-state index in [1.807, 2.05) is 13.8 Å². The molecule has 0 rings (SSSR count). The van der Waals surface area contributed by atoms with E-state index in [0.717, 1.165) is 0 Å². The van der Waals surface area contributed by atoms with Crippen LogP contribution in [0.1, 0.15) is 13.8 Å². The standard InChI is InChI=1S/2C3H6.CH5N/c2*1-3-2;1-2/h2*3H,1H2,2H3;2H2,1H3. The van der Waals surface area contributed by atoms with Crippen LogP contribution in [0.2, 0.25) is 0 Å². The molecule has 1 heteroatoms. The molecule has 0 amide bonds. The van der Waals surface area contributed by atoms with Gasteiger partial charge in [0, 0.05) is 0 Å². The Morgan fingerprint density at radius 3 is 1.00 bits per heavy atom. The van der Waals surface area contributed by atoms with Crippen LogP contribution in [0.5, 0.6) is 0 Å². The highest BCUT2D eigenvalue weighted by molar-refractivity contribution is 4.51. The molecule has 0 aliphatic heterocycles. The van der Waals surface area contributed by atoms with Gasteiger partial charge in [0.25, 0.3) is 0 Å². The second kappa shape index (κ2) is 91.9. The first-order valence-corrected chi connectivity index (χ1v) is 2.55. The molecule has 0 aromatic rings. The molecule has 0 radical (unpaired) electrons. The highest BCUT2D eigenvalue weighted by atomic mass is 14.4. The summed E-state index contributed by atoms with van der Waals surface area (Å²) in [6.45, 7) is 10.5. The van der Waals surface area contributed by atoms with Crippen LogP contribution in [-0.4, -0.2) is 7.05 Å². The van der Waals surface area contributed by atoms with Crippen molar-refractivity contribution in [2.45, 2.75) is 13.8 Å². The molecule has 2 N–H and O–H groups in total. The average Bonchev–Trinajstić information content (AvgIpc) is 1.75. The Kier molecular flexibility index (Phi) is 180. The van der Waals surface area contributed by atoms with Crippen LogP contribution in [-0.2, 0) is 0 Å². The van der Waals surface area contributed by atoms with E-state index in [9.17, 15) is 0 Å². The van der Waals surface area contributed by atoms with E-state index in [0.29, 0.717) is 0 Å². The van der Waals surface area contributed by atoms with Crippen LogP contribution < -0.4 is 5.73 Å². The lowest BCUT2D eigenvalue weighted by molar-refractivity contribution is 1.48. The summed E-state index contributed by atoms with van der Waals surface area (Å²) >= 11 is 0. The van der Waals surface area contributed by atoms with E-state index in [2.05, 4.69) is 18.9 Å². The number of hydrogen-bond donors (Lipinski definition) is 1. The van der Waals surface area contributed by atoms with Crippen molar-refractivity contribution in [1.29, 1.82) is 0 Å². The van der Waals surface area contributed by atoms with Crippen LogP contribution in [0.4, 0.5) is 0 Å². The third-order valence-electron chi connectivity index (χ3n) is 0. The number of allylic oxidation sites excluding steroid dienone is 2. The highest BCUT2D eigenvalue weighted by Gasteiger charge is 1.15. The molecular weight excluding hydrogens is 98.1 g/mol. The summed E-state index contributed by atoms with van der Waals surface area (Å²) in [5.74, 6) is 0.